The van der Waals surface area contributed by atoms with E-state index in [1.54, 1.807) is 13.0 Å². The molecule has 2 aliphatic carbocycles. The highest BCUT2D eigenvalue weighted by molar-refractivity contribution is 5.98. The van der Waals surface area contributed by atoms with Gasteiger partial charge >= 0.3 is 0 Å². The Bertz CT molecular complexity index is 818. The van der Waals surface area contributed by atoms with Crippen molar-refractivity contribution in [3.05, 3.63) is 41.3 Å². The number of benzene rings is 1. The fourth-order valence-electron chi connectivity index (χ4n) is 4.72. The summed E-state index contributed by atoms with van der Waals surface area (Å²) in [6.07, 6.45) is 5.51. The molecular weight excluding hydrogens is 388 g/mol. The highest BCUT2D eigenvalue weighted by atomic mass is 35.5. The number of rotatable bonds is 2. The molecule has 1 aromatic carbocycles. The van der Waals surface area contributed by atoms with Crippen molar-refractivity contribution in [2.45, 2.75) is 51.1 Å². The molecule has 2 unspecified atom stereocenters. The number of hydrogen-bond acceptors (Lipinski definition) is 3. The van der Waals surface area contributed by atoms with Gasteiger partial charge in [-0.2, -0.15) is 0 Å². The second kappa shape index (κ2) is 8.72. The third-order valence-electron chi connectivity index (χ3n) is 5.89. The van der Waals surface area contributed by atoms with E-state index in [9.17, 15) is 9.18 Å². The van der Waals surface area contributed by atoms with Crippen LogP contribution in [0.25, 0.3) is 10.9 Å². The van der Waals surface area contributed by atoms with Crippen LogP contribution in [0.2, 0.25) is 0 Å². The van der Waals surface area contributed by atoms with E-state index in [4.69, 9.17) is 5.73 Å². The zero-order chi connectivity index (χ0) is 17.6. The molecular formula is C20H26Cl2FN3O. The van der Waals surface area contributed by atoms with Crippen molar-refractivity contribution in [2.75, 3.05) is 0 Å². The van der Waals surface area contributed by atoms with Crippen LogP contribution in [0.5, 0.6) is 0 Å². The summed E-state index contributed by atoms with van der Waals surface area (Å²) in [5, 5.41) is 4.05. The number of pyridine rings is 1. The van der Waals surface area contributed by atoms with Crippen molar-refractivity contribution in [2.24, 2.45) is 17.6 Å². The van der Waals surface area contributed by atoms with Gasteiger partial charge in [0, 0.05) is 23.5 Å². The van der Waals surface area contributed by atoms with Crippen LogP contribution >= 0.6 is 24.8 Å². The Kier molecular flexibility index (Phi) is 7.06. The van der Waals surface area contributed by atoms with Crippen molar-refractivity contribution in [3.8, 4) is 0 Å². The van der Waals surface area contributed by atoms with E-state index in [1.165, 1.54) is 18.6 Å². The molecule has 0 aliphatic heterocycles. The van der Waals surface area contributed by atoms with Gasteiger partial charge in [-0.15, -0.1) is 24.8 Å². The minimum absolute atomic E-state index is 0. The normalized spacial score (nSPS) is 26.6. The van der Waals surface area contributed by atoms with Crippen LogP contribution in [0.15, 0.2) is 24.3 Å². The molecule has 3 N–H and O–H groups in total. The van der Waals surface area contributed by atoms with E-state index in [2.05, 4.69) is 10.3 Å². The monoisotopic (exact) mass is 413 g/mol. The summed E-state index contributed by atoms with van der Waals surface area (Å²) in [5.41, 5.74) is 7.96. The molecule has 2 saturated carbocycles. The van der Waals surface area contributed by atoms with E-state index in [0.717, 1.165) is 31.1 Å². The molecule has 7 heteroatoms. The number of nitrogens with one attached hydrogen (secondary N) is 1. The quantitative estimate of drug-likeness (QED) is 0.776. The van der Waals surface area contributed by atoms with Gasteiger partial charge in [-0.25, -0.2) is 4.39 Å². The third-order valence-corrected chi connectivity index (χ3v) is 5.89. The molecule has 2 aliphatic rings. The summed E-state index contributed by atoms with van der Waals surface area (Å²) in [6, 6.07) is 6.76. The molecule has 0 spiro atoms. The Labute approximate surface area is 171 Å². The Morgan fingerprint density at radius 1 is 1.19 bits per heavy atom. The largest absolute Gasteiger partial charge is 0.349 e. The van der Waals surface area contributed by atoms with Gasteiger partial charge in [0.05, 0.1) is 16.8 Å². The number of fused-ring (bicyclic) bond motifs is 3. The molecule has 27 heavy (non-hydrogen) atoms. The highest BCUT2D eigenvalue weighted by Crippen LogP contribution is 2.39. The molecule has 0 saturated heterocycles. The van der Waals surface area contributed by atoms with Gasteiger partial charge in [-0.3, -0.25) is 9.78 Å². The average molecular weight is 414 g/mol. The van der Waals surface area contributed by atoms with E-state index in [1.807, 2.05) is 6.07 Å². The van der Waals surface area contributed by atoms with Crippen LogP contribution in [0, 0.1) is 24.6 Å². The molecule has 0 radical (unpaired) electrons. The minimum atomic E-state index is -0.317. The lowest BCUT2D eigenvalue weighted by molar-refractivity contribution is 0.0755. The molecule has 148 valence electrons. The van der Waals surface area contributed by atoms with E-state index in [0.29, 0.717) is 28.6 Å². The summed E-state index contributed by atoms with van der Waals surface area (Å²) >= 11 is 0. The molecule has 1 amide bonds. The van der Waals surface area contributed by atoms with E-state index < -0.39 is 0 Å². The molecule has 2 atom stereocenters. The number of hydrogen-bond donors (Lipinski definition) is 2. The lowest BCUT2D eigenvalue weighted by atomic mass is 9.67. The molecule has 1 heterocycles. The maximum atomic E-state index is 13.4. The van der Waals surface area contributed by atoms with Gasteiger partial charge in [-0.1, -0.05) is 6.42 Å². The Morgan fingerprint density at radius 3 is 2.52 bits per heavy atom. The van der Waals surface area contributed by atoms with Crippen LogP contribution in [0.1, 0.15) is 48.2 Å². The first kappa shape index (κ1) is 21.9. The fraction of sp³-hybridized carbons (Fsp3) is 0.500. The standard InChI is InChI=1S/C20H24FN3O.2ClH/c1-11-17(9-12-5-6-15(21)10-18(12)23-11)20(25)24-19-13-3-2-4-14(19)8-16(22)7-13;;/h5-6,9-10,13-14,16,19H,2-4,7-8,22H2,1H3,(H,24,25);2*1H. The SMILES string of the molecule is Cc1nc2cc(F)ccc2cc1C(=O)NC1C2CCCC1CC(N)C2.Cl.Cl. The van der Waals surface area contributed by atoms with Gasteiger partial charge in [0.2, 0.25) is 0 Å². The summed E-state index contributed by atoms with van der Waals surface area (Å²) in [6.45, 7) is 1.80. The maximum Gasteiger partial charge on any atom is 0.253 e. The lowest BCUT2D eigenvalue weighted by Crippen LogP contribution is -2.53. The topological polar surface area (TPSA) is 68.0 Å². The van der Waals surface area contributed by atoms with Crippen molar-refractivity contribution < 1.29 is 9.18 Å². The van der Waals surface area contributed by atoms with Crippen molar-refractivity contribution in [1.29, 1.82) is 0 Å². The number of nitrogens with zero attached hydrogens (tertiary/aromatic N) is 1. The molecule has 4 nitrogen and oxygen atoms in total. The molecule has 4 rings (SSSR count). The highest BCUT2D eigenvalue weighted by Gasteiger charge is 2.40. The number of amides is 1. The summed E-state index contributed by atoms with van der Waals surface area (Å²) < 4.78 is 13.4. The number of carbonyl (C=O) groups excluding carboxylic acids is 1. The van der Waals surface area contributed by atoms with Crippen LogP contribution in [0.4, 0.5) is 4.39 Å². The zero-order valence-corrected chi connectivity index (χ0v) is 16.9. The Balaban J connectivity index is 0.00000131. The van der Waals surface area contributed by atoms with Crippen molar-refractivity contribution >= 4 is 41.6 Å². The van der Waals surface area contributed by atoms with Crippen molar-refractivity contribution in [3.63, 3.8) is 0 Å². The summed E-state index contributed by atoms with van der Waals surface area (Å²) in [4.78, 5) is 17.3. The maximum absolute atomic E-state index is 13.4. The van der Waals surface area contributed by atoms with Gasteiger partial charge in [0.15, 0.2) is 0 Å². The first-order valence-corrected chi connectivity index (χ1v) is 9.14. The first-order chi connectivity index (χ1) is 12.0. The summed E-state index contributed by atoms with van der Waals surface area (Å²) in [7, 11) is 0. The number of carbonyl (C=O) groups is 1. The Hall–Kier alpha value is -1.43. The second-order valence-corrected chi connectivity index (χ2v) is 7.64. The number of aryl methyl sites for hydroxylation is 1. The predicted octanol–water partition coefficient (Wildman–Crippen LogP) is 4.16. The van der Waals surface area contributed by atoms with Gasteiger partial charge < -0.3 is 11.1 Å². The molecule has 1 aromatic heterocycles. The number of halogens is 3. The number of nitrogens with two attached hydrogens (primary N) is 1. The molecule has 2 bridgehead atoms. The van der Waals surface area contributed by atoms with Crippen molar-refractivity contribution in [1.82, 2.24) is 10.3 Å². The van der Waals surface area contributed by atoms with E-state index in [-0.39, 0.29) is 48.6 Å². The van der Waals surface area contributed by atoms with Gasteiger partial charge in [0.25, 0.3) is 5.91 Å². The zero-order valence-electron chi connectivity index (χ0n) is 15.3. The van der Waals surface area contributed by atoms with E-state index >= 15 is 0 Å². The second-order valence-electron chi connectivity index (χ2n) is 7.64. The Morgan fingerprint density at radius 2 is 1.85 bits per heavy atom. The molecule has 2 aromatic rings. The van der Waals surface area contributed by atoms with Gasteiger partial charge in [-0.05, 0) is 62.6 Å². The van der Waals surface area contributed by atoms with Crippen LogP contribution in [-0.2, 0) is 0 Å². The summed E-state index contributed by atoms with van der Waals surface area (Å²) in [5.74, 6) is 0.570. The minimum Gasteiger partial charge on any atom is -0.349 e. The van der Waals surface area contributed by atoms with Gasteiger partial charge in [0.1, 0.15) is 5.82 Å². The smallest absolute Gasteiger partial charge is 0.253 e. The lowest BCUT2D eigenvalue weighted by Gasteiger charge is -2.45. The van der Waals surface area contributed by atoms with Crippen LogP contribution in [-0.4, -0.2) is 23.0 Å². The fourth-order valence-corrected chi connectivity index (χ4v) is 4.72. The first-order valence-electron chi connectivity index (χ1n) is 9.14. The number of aromatic nitrogens is 1. The molecule has 2 fully saturated rings. The van der Waals surface area contributed by atoms with Crippen LogP contribution < -0.4 is 11.1 Å². The average Bonchev–Trinajstić information content (AvgIpc) is 2.54. The van der Waals surface area contributed by atoms with Crippen LogP contribution in [0.3, 0.4) is 0 Å². The predicted molar refractivity (Wildman–Crippen MR) is 110 cm³/mol. The third kappa shape index (κ3) is 4.36.